The van der Waals surface area contributed by atoms with Gasteiger partial charge in [-0.05, 0) is 73.8 Å². The van der Waals surface area contributed by atoms with Crippen molar-refractivity contribution in [2.45, 2.75) is 104 Å². The number of hydrogen-bond donors (Lipinski definition) is 0. The molecule has 1 amide bonds. The molecule has 0 N–H and O–H groups in total. The maximum Gasteiger partial charge on any atom is 0.306 e. The number of aryl methyl sites for hydroxylation is 1. The van der Waals surface area contributed by atoms with Gasteiger partial charge in [-0.1, -0.05) is 40.5 Å². The summed E-state index contributed by atoms with van der Waals surface area (Å²) >= 11 is 0. The number of aldehydes is 1. The first-order valence-corrected chi connectivity index (χ1v) is 16.6. The van der Waals surface area contributed by atoms with Crippen molar-refractivity contribution >= 4 is 29.2 Å². The maximum atomic E-state index is 14.3. The molecular formula is C35H47N3O6. The molecule has 3 heterocycles. The molecule has 2 saturated carbocycles. The minimum Gasteiger partial charge on any atom is -0.497 e. The van der Waals surface area contributed by atoms with E-state index in [2.05, 4.69) is 0 Å². The minimum atomic E-state index is -0.649. The quantitative estimate of drug-likeness (QED) is 0.331. The lowest BCUT2D eigenvalue weighted by Crippen LogP contribution is -2.46. The van der Waals surface area contributed by atoms with Crippen LogP contribution >= 0.6 is 0 Å². The van der Waals surface area contributed by atoms with Crippen LogP contribution in [0, 0.1) is 35.0 Å². The first-order valence-electron chi connectivity index (χ1n) is 16.6. The number of esters is 1. The Morgan fingerprint density at radius 2 is 1.84 bits per heavy atom. The van der Waals surface area contributed by atoms with Gasteiger partial charge in [0, 0.05) is 12.0 Å². The second-order valence-electron chi connectivity index (χ2n) is 14.5. The third kappa shape index (κ3) is 6.03. The van der Waals surface area contributed by atoms with Crippen LogP contribution in [-0.2, 0) is 25.5 Å². The lowest BCUT2D eigenvalue weighted by molar-refractivity contribution is -0.158. The summed E-state index contributed by atoms with van der Waals surface area (Å²) in [5.74, 6) is 1.53. The summed E-state index contributed by atoms with van der Waals surface area (Å²) in [6, 6.07) is 5.00. The van der Waals surface area contributed by atoms with E-state index in [0.29, 0.717) is 41.3 Å². The van der Waals surface area contributed by atoms with Gasteiger partial charge in [0.15, 0.2) is 0 Å². The smallest absolute Gasteiger partial charge is 0.306 e. The van der Waals surface area contributed by atoms with E-state index in [0.717, 1.165) is 56.0 Å². The van der Waals surface area contributed by atoms with Gasteiger partial charge in [0.05, 0.1) is 43.1 Å². The summed E-state index contributed by atoms with van der Waals surface area (Å²) in [7, 11) is 1.62. The molecule has 1 saturated heterocycles. The first kappa shape index (κ1) is 30.8. The number of aromatic nitrogens is 2. The molecule has 2 unspecified atom stereocenters. The predicted molar refractivity (Wildman–Crippen MR) is 165 cm³/mol. The van der Waals surface area contributed by atoms with Crippen molar-refractivity contribution in [3.63, 3.8) is 0 Å². The Kier molecular flexibility index (Phi) is 8.59. The fourth-order valence-corrected chi connectivity index (χ4v) is 8.07. The van der Waals surface area contributed by atoms with Crippen LogP contribution in [-0.4, -0.2) is 64.9 Å². The van der Waals surface area contributed by atoms with Crippen molar-refractivity contribution in [1.82, 2.24) is 14.9 Å². The number of carbonyl (C=O) groups is 3. The van der Waals surface area contributed by atoms with Crippen molar-refractivity contribution in [2.75, 3.05) is 13.7 Å². The van der Waals surface area contributed by atoms with Crippen molar-refractivity contribution in [2.24, 2.45) is 35.0 Å². The Bertz CT molecular complexity index is 1400. The largest absolute Gasteiger partial charge is 0.497 e. The molecule has 4 aliphatic rings. The summed E-state index contributed by atoms with van der Waals surface area (Å²) < 4.78 is 18.2. The van der Waals surface area contributed by atoms with Crippen LogP contribution < -0.4 is 9.47 Å². The van der Waals surface area contributed by atoms with Crippen LogP contribution in [0.5, 0.6) is 11.6 Å². The Balaban J connectivity index is 1.36. The second kappa shape index (κ2) is 12.3. The number of ether oxygens (including phenoxy) is 3. The Hall–Kier alpha value is -3.23. The molecular weight excluding hydrogens is 558 g/mol. The second-order valence-corrected chi connectivity index (χ2v) is 14.5. The lowest BCUT2D eigenvalue weighted by Gasteiger charge is -2.34. The Labute approximate surface area is 260 Å². The SMILES string of the molecule is CC[C@@H]1[C@@H]2CN(C(=O)[C@H](C(C)(C)C)CC(=O)O[C@@H]3CC4CC4[C@H]3CCCCCc3nc4ccc(OC)cc4nc3O2)[C@@H]1C=O. The number of fused-ring (bicyclic) bond motifs is 7. The highest BCUT2D eigenvalue weighted by Gasteiger charge is 2.54. The third-order valence-corrected chi connectivity index (χ3v) is 10.7. The normalized spacial score (nSPS) is 32.9. The number of carbonyl (C=O) groups excluding carboxylic acids is 3. The van der Waals surface area contributed by atoms with E-state index < -0.39 is 23.5 Å². The van der Waals surface area contributed by atoms with Crippen LogP contribution in [0.3, 0.4) is 0 Å². The fraction of sp³-hybridized carbons (Fsp3) is 0.686. The summed E-state index contributed by atoms with van der Waals surface area (Å²) in [6.07, 6.45) is 8.00. The number of methoxy groups -OCH3 is 1. The van der Waals surface area contributed by atoms with E-state index in [9.17, 15) is 14.4 Å². The number of nitrogens with zero attached hydrogens (tertiary/aromatic N) is 3. The lowest BCUT2D eigenvalue weighted by atomic mass is 9.77. The number of rotatable bonds is 3. The minimum absolute atomic E-state index is 0.00735. The molecule has 2 aliphatic heterocycles. The van der Waals surface area contributed by atoms with Crippen LogP contribution in [0.15, 0.2) is 18.2 Å². The maximum absolute atomic E-state index is 14.3. The van der Waals surface area contributed by atoms with E-state index in [1.807, 2.05) is 45.9 Å². The van der Waals surface area contributed by atoms with E-state index in [4.69, 9.17) is 24.2 Å². The Morgan fingerprint density at radius 3 is 2.57 bits per heavy atom. The van der Waals surface area contributed by atoms with E-state index in [1.165, 1.54) is 6.42 Å². The van der Waals surface area contributed by atoms with Gasteiger partial charge >= 0.3 is 5.97 Å². The molecule has 0 spiro atoms. The van der Waals surface area contributed by atoms with Crippen molar-refractivity contribution in [3.8, 4) is 11.6 Å². The highest BCUT2D eigenvalue weighted by Crippen LogP contribution is 2.58. The van der Waals surface area contributed by atoms with E-state index in [-0.39, 0.29) is 36.9 Å². The monoisotopic (exact) mass is 605 g/mol. The van der Waals surface area contributed by atoms with Crippen molar-refractivity contribution < 1.29 is 28.6 Å². The van der Waals surface area contributed by atoms with Gasteiger partial charge in [-0.15, -0.1) is 0 Å². The number of benzene rings is 1. The van der Waals surface area contributed by atoms with Gasteiger partial charge in [0.1, 0.15) is 29.9 Å². The van der Waals surface area contributed by atoms with Gasteiger partial charge in [0.2, 0.25) is 11.8 Å². The zero-order valence-corrected chi connectivity index (χ0v) is 26.8. The number of amides is 1. The van der Waals surface area contributed by atoms with Gasteiger partial charge in [0.25, 0.3) is 0 Å². The Morgan fingerprint density at radius 1 is 1.02 bits per heavy atom. The summed E-state index contributed by atoms with van der Waals surface area (Å²) in [5, 5.41) is 0. The van der Waals surface area contributed by atoms with Gasteiger partial charge in [-0.25, -0.2) is 9.97 Å². The van der Waals surface area contributed by atoms with Crippen molar-refractivity contribution in [1.29, 1.82) is 0 Å². The van der Waals surface area contributed by atoms with Crippen LogP contribution in [0.2, 0.25) is 0 Å². The summed E-state index contributed by atoms with van der Waals surface area (Å²) in [4.78, 5) is 51.8. The molecule has 8 atom stereocenters. The average molecular weight is 606 g/mol. The molecule has 9 heteroatoms. The molecule has 238 valence electrons. The summed E-state index contributed by atoms with van der Waals surface area (Å²) in [6.45, 7) is 8.19. The molecule has 1 aromatic carbocycles. The van der Waals surface area contributed by atoms with Crippen LogP contribution in [0.1, 0.15) is 84.8 Å². The molecule has 9 nitrogen and oxygen atoms in total. The fourth-order valence-electron chi connectivity index (χ4n) is 8.07. The highest BCUT2D eigenvalue weighted by atomic mass is 16.5. The van der Waals surface area contributed by atoms with Crippen LogP contribution in [0.4, 0.5) is 0 Å². The van der Waals surface area contributed by atoms with Crippen molar-refractivity contribution in [3.05, 3.63) is 23.9 Å². The molecule has 0 radical (unpaired) electrons. The molecule has 2 aliphatic carbocycles. The zero-order valence-electron chi connectivity index (χ0n) is 26.8. The highest BCUT2D eigenvalue weighted by molar-refractivity contribution is 5.87. The van der Waals surface area contributed by atoms with E-state index >= 15 is 0 Å². The van der Waals surface area contributed by atoms with Gasteiger partial charge in [-0.3, -0.25) is 9.59 Å². The molecule has 1 aromatic heterocycles. The number of hydrogen-bond acceptors (Lipinski definition) is 8. The predicted octanol–water partition coefficient (Wildman–Crippen LogP) is 5.56. The molecule has 2 bridgehead atoms. The van der Waals surface area contributed by atoms with E-state index in [1.54, 1.807) is 12.0 Å². The van der Waals surface area contributed by atoms with Gasteiger partial charge in [-0.2, -0.15) is 0 Å². The average Bonchev–Trinajstić information content (AvgIpc) is 3.54. The molecule has 3 fully saturated rings. The first-order chi connectivity index (χ1) is 21.1. The standard InChI is InChI=1S/C35H47N3O6/c1-6-22-29(19-39)38-18-31(22)44-33-27(36-26-13-12-21(42-5)16-28(26)37-33)11-9-7-8-10-23-24-14-20(24)15-30(23)43-32(40)17-25(34(38)41)35(2,3)4/h12-13,16,19-20,22-25,29-31H,6-11,14-15,17-18H2,1-5H3/t20?,22-,23+,24?,25+,29+,30+,31-/m0/s1. The topological polar surface area (TPSA) is 108 Å². The molecule has 2 aromatic rings. The third-order valence-electron chi connectivity index (χ3n) is 10.7. The zero-order chi connectivity index (χ0) is 31.2. The summed E-state index contributed by atoms with van der Waals surface area (Å²) in [5.41, 5.74) is 1.75. The molecule has 44 heavy (non-hydrogen) atoms. The van der Waals surface area contributed by atoms with Gasteiger partial charge < -0.3 is 23.9 Å². The van der Waals surface area contributed by atoms with Crippen LogP contribution in [0.25, 0.3) is 11.0 Å². The molecule has 6 rings (SSSR count).